The van der Waals surface area contributed by atoms with Gasteiger partial charge in [-0.1, -0.05) is 29.8 Å². The van der Waals surface area contributed by atoms with Crippen LogP contribution in [0.15, 0.2) is 34.3 Å². The monoisotopic (exact) mass is 202 g/mol. The Morgan fingerprint density at radius 2 is 1.73 bits per heavy atom. The van der Waals surface area contributed by atoms with Crippen molar-refractivity contribution in [3.8, 4) is 0 Å². The fourth-order valence-corrected chi connectivity index (χ4v) is 1.41. The maximum absolute atomic E-state index is 9.83. The van der Waals surface area contributed by atoms with Crippen LogP contribution in [-0.2, 0) is 0 Å². The lowest BCUT2D eigenvalue weighted by Crippen LogP contribution is -2.27. The first-order chi connectivity index (χ1) is 6.99. The van der Waals surface area contributed by atoms with Gasteiger partial charge in [-0.05, 0) is 20.8 Å². The van der Waals surface area contributed by atoms with E-state index in [1.165, 1.54) is 5.56 Å². The number of aliphatic imine (C=N–C) groups is 2. The van der Waals surface area contributed by atoms with Gasteiger partial charge in [0.15, 0.2) is 11.6 Å². The number of amidine groups is 1. The van der Waals surface area contributed by atoms with Gasteiger partial charge in [0.05, 0.1) is 5.71 Å². The molecule has 0 radical (unpaired) electrons. The number of rotatable bonds is 1. The molecule has 1 N–H and O–H groups in total. The molecule has 0 fully saturated rings. The summed E-state index contributed by atoms with van der Waals surface area (Å²) >= 11 is 0. The second kappa shape index (κ2) is 3.28. The Bertz CT molecular complexity index is 441. The standard InChI is InChI=1S/C12H14N2O/c1-8-4-6-10(7-5-8)11-13-9(2)12(3,15)14-11/h4-7,15H,1-3H3. The van der Waals surface area contributed by atoms with Crippen LogP contribution in [-0.4, -0.2) is 22.4 Å². The molecule has 0 saturated heterocycles. The molecule has 0 aliphatic carbocycles. The molecule has 0 aromatic heterocycles. The highest BCUT2D eigenvalue weighted by molar-refractivity contribution is 6.13. The first-order valence-electron chi connectivity index (χ1n) is 4.94. The molecule has 0 saturated carbocycles. The molecule has 0 spiro atoms. The average Bonchev–Trinajstić information content (AvgIpc) is 2.42. The summed E-state index contributed by atoms with van der Waals surface area (Å²) in [6.07, 6.45) is 0. The van der Waals surface area contributed by atoms with Gasteiger partial charge >= 0.3 is 0 Å². The fourth-order valence-electron chi connectivity index (χ4n) is 1.41. The Morgan fingerprint density at radius 1 is 1.13 bits per heavy atom. The molecule has 78 valence electrons. The lowest BCUT2D eigenvalue weighted by atomic mass is 10.1. The molecule has 1 aliphatic rings. The SMILES string of the molecule is CC1=NC(c2ccc(C)cc2)=NC1(C)O. The van der Waals surface area contributed by atoms with Crippen molar-refractivity contribution in [3.63, 3.8) is 0 Å². The van der Waals surface area contributed by atoms with E-state index in [0.717, 1.165) is 5.56 Å². The molecule has 1 unspecified atom stereocenters. The van der Waals surface area contributed by atoms with Crippen molar-refractivity contribution in [3.05, 3.63) is 35.4 Å². The molecule has 1 aliphatic heterocycles. The molecule has 2 rings (SSSR count). The fraction of sp³-hybridized carbons (Fsp3) is 0.333. The molecule has 0 bridgehead atoms. The van der Waals surface area contributed by atoms with E-state index >= 15 is 0 Å². The Labute approximate surface area is 89.2 Å². The molecule has 1 aromatic carbocycles. The highest BCUT2D eigenvalue weighted by Crippen LogP contribution is 2.19. The normalized spacial score (nSPS) is 25.1. The van der Waals surface area contributed by atoms with Gasteiger partial charge in [-0.3, -0.25) is 0 Å². The predicted octanol–water partition coefficient (Wildman–Crippen LogP) is 1.92. The van der Waals surface area contributed by atoms with Gasteiger partial charge in [0, 0.05) is 5.56 Å². The third-order valence-corrected chi connectivity index (χ3v) is 2.59. The Hall–Kier alpha value is -1.48. The van der Waals surface area contributed by atoms with Gasteiger partial charge in [-0.25, -0.2) is 9.98 Å². The zero-order valence-electron chi connectivity index (χ0n) is 9.15. The summed E-state index contributed by atoms with van der Waals surface area (Å²) in [6, 6.07) is 7.95. The van der Waals surface area contributed by atoms with E-state index in [0.29, 0.717) is 11.5 Å². The number of aryl methyl sites for hydroxylation is 1. The van der Waals surface area contributed by atoms with E-state index < -0.39 is 5.72 Å². The number of hydrogen-bond donors (Lipinski definition) is 1. The largest absolute Gasteiger partial charge is 0.365 e. The van der Waals surface area contributed by atoms with Crippen LogP contribution in [0.4, 0.5) is 0 Å². The highest BCUT2D eigenvalue weighted by Gasteiger charge is 2.29. The van der Waals surface area contributed by atoms with E-state index in [2.05, 4.69) is 9.98 Å². The molecule has 3 heteroatoms. The molecule has 0 amide bonds. The third kappa shape index (κ3) is 1.83. The van der Waals surface area contributed by atoms with Gasteiger partial charge in [-0.15, -0.1) is 0 Å². The second-order valence-electron chi connectivity index (χ2n) is 4.02. The van der Waals surface area contributed by atoms with Crippen LogP contribution in [0.25, 0.3) is 0 Å². The summed E-state index contributed by atoms with van der Waals surface area (Å²) < 4.78 is 0. The van der Waals surface area contributed by atoms with E-state index in [9.17, 15) is 5.11 Å². The first kappa shape index (κ1) is 10.1. The van der Waals surface area contributed by atoms with Crippen molar-refractivity contribution in [2.45, 2.75) is 26.5 Å². The molecule has 1 atom stereocenters. The Balaban J connectivity index is 2.39. The van der Waals surface area contributed by atoms with Crippen LogP contribution >= 0.6 is 0 Å². The Morgan fingerprint density at radius 3 is 2.20 bits per heavy atom. The van der Waals surface area contributed by atoms with E-state index in [1.54, 1.807) is 13.8 Å². The summed E-state index contributed by atoms with van der Waals surface area (Å²) in [4.78, 5) is 8.43. The first-order valence-corrected chi connectivity index (χ1v) is 4.94. The van der Waals surface area contributed by atoms with Gasteiger partial charge in [0.25, 0.3) is 0 Å². The molecule has 1 aromatic rings. The van der Waals surface area contributed by atoms with E-state index in [4.69, 9.17) is 0 Å². The Kier molecular flexibility index (Phi) is 2.20. The van der Waals surface area contributed by atoms with Gasteiger partial charge in [0.1, 0.15) is 0 Å². The van der Waals surface area contributed by atoms with Crippen LogP contribution in [0.2, 0.25) is 0 Å². The lowest BCUT2D eigenvalue weighted by molar-refractivity contribution is 0.146. The molecule has 15 heavy (non-hydrogen) atoms. The third-order valence-electron chi connectivity index (χ3n) is 2.59. The minimum Gasteiger partial charge on any atom is -0.365 e. The lowest BCUT2D eigenvalue weighted by Gasteiger charge is -2.11. The van der Waals surface area contributed by atoms with Gasteiger partial charge in [-0.2, -0.15) is 0 Å². The van der Waals surface area contributed by atoms with Gasteiger partial charge in [0.2, 0.25) is 0 Å². The average molecular weight is 202 g/mol. The van der Waals surface area contributed by atoms with Crippen LogP contribution < -0.4 is 0 Å². The minimum atomic E-state index is -1.14. The molecule has 1 heterocycles. The van der Waals surface area contributed by atoms with Crippen LogP contribution in [0.3, 0.4) is 0 Å². The summed E-state index contributed by atoms with van der Waals surface area (Å²) in [5.41, 5.74) is 1.64. The minimum absolute atomic E-state index is 0.609. The maximum Gasteiger partial charge on any atom is 0.194 e. The number of hydrogen-bond acceptors (Lipinski definition) is 3. The zero-order chi connectivity index (χ0) is 11.1. The van der Waals surface area contributed by atoms with Gasteiger partial charge < -0.3 is 5.11 Å². The van der Waals surface area contributed by atoms with E-state index in [-0.39, 0.29) is 0 Å². The summed E-state index contributed by atoms with van der Waals surface area (Å²) in [5.74, 6) is 0.609. The highest BCUT2D eigenvalue weighted by atomic mass is 16.3. The molecule has 3 nitrogen and oxygen atoms in total. The van der Waals surface area contributed by atoms with Crippen LogP contribution in [0, 0.1) is 6.92 Å². The van der Waals surface area contributed by atoms with Crippen molar-refractivity contribution in [2.24, 2.45) is 9.98 Å². The quantitative estimate of drug-likeness (QED) is 0.743. The molecular formula is C12H14N2O. The number of aliphatic hydroxyl groups is 1. The number of nitrogens with zero attached hydrogens (tertiary/aromatic N) is 2. The summed E-state index contributed by atoms with van der Waals surface area (Å²) in [6.45, 7) is 5.46. The van der Waals surface area contributed by atoms with Crippen molar-refractivity contribution < 1.29 is 5.11 Å². The van der Waals surface area contributed by atoms with Crippen molar-refractivity contribution in [1.82, 2.24) is 0 Å². The predicted molar refractivity (Wildman–Crippen MR) is 61.4 cm³/mol. The van der Waals surface area contributed by atoms with Crippen molar-refractivity contribution in [2.75, 3.05) is 0 Å². The van der Waals surface area contributed by atoms with Crippen molar-refractivity contribution in [1.29, 1.82) is 0 Å². The summed E-state index contributed by atoms with van der Waals surface area (Å²) in [5, 5.41) is 9.83. The zero-order valence-corrected chi connectivity index (χ0v) is 9.15. The second-order valence-corrected chi connectivity index (χ2v) is 4.02. The topological polar surface area (TPSA) is 45.0 Å². The van der Waals surface area contributed by atoms with Crippen LogP contribution in [0.1, 0.15) is 25.0 Å². The smallest absolute Gasteiger partial charge is 0.194 e. The maximum atomic E-state index is 9.83. The molecular weight excluding hydrogens is 188 g/mol. The van der Waals surface area contributed by atoms with Crippen molar-refractivity contribution >= 4 is 11.5 Å². The van der Waals surface area contributed by atoms with E-state index in [1.807, 2.05) is 31.2 Å². The van der Waals surface area contributed by atoms with Crippen LogP contribution in [0.5, 0.6) is 0 Å². The summed E-state index contributed by atoms with van der Waals surface area (Å²) in [7, 11) is 0. The number of benzene rings is 1.